The Morgan fingerprint density at radius 1 is 1.30 bits per heavy atom. The maximum absolute atomic E-state index is 8.39. The highest BCUT2D eigenvalue weighted by Gasteiger charge is 2.39. The number of nitriles is 1. The van der Waals surface area contributed by atoms with E-state index in [-0.39, 0.29) is 0 Å². The largest absolute Gasteiger partial charge is 0.320 e. The highest BCUT2D eigenvalue weighted by atomic mass is 14.9. The number of fused-ring (bicyclic) bond motifs is 2. The minimum atomic E-state index is 0.531. The SMILES string of the molecule is N#CN[C@@H]1C[C@@H]2CC[C@H]1C2. The zero-order valence-electron chi connectivity index (χ0n) is 6.01. The van der Waals surface area contributed by atoms with Crippen LogP contribution in [0.4, 0.5) is 0 Å². The molecular weight excluding hydrogens is 124 g/mol. The average molecular weight is 136 g/mol. The van der Waals surface area contributed by atoms with Crippen LogP contribution in [0.2, 0.25) is 0 Å². The van der Waals surface area contributed by atoms with Gasteiger partial charge in [0.1, 0.15) is 0 Å². The zero-order valence-corrected chi connectivity index (χ0v) is 6.01. The van der Waals surface area contributed by atoms with Crippen molar-refractivity contribution >= 4 is 0 Å². The summed E-state index contributed by atoms with van der Waals surface area (Å²) in [6.45, 7) is 0. The van der Waals surface area contributed by atoms with Crippen LogP contribution in [0.15, 0.2) is 0 Å². The summed E-state index contributed by atoms with van der Waals surface area (Å²) in [5.74, 6) is 1.76. The van der Waals surface area contributed by atoms with E-state index in [0.29, 0.717) is 6.04 Å². The van der Waals surface area contributed by atoms with E-state index in [2.05, 4.69) is 5.32 Å². The van der Waals surface area contributed by atoms with Crippen molar-refractivity contribution < 1.29 is 0 Å². The molecule has 2 saturated carbocycles. The van der Waals surface area contributed by atoms with Crippen LogP contribution in [0.3, 0.4) is 0 Å². The molecule has 2 bridgehead atoms. The summed E-state index contributed by atoms with van der Waals surface area (Å²) < 4.78 is 0. The van der Waals surface area contributed by atoms with Crippen LogP contribution >= 0.6 is 0 Å². The predicted molar refractivity (Wildman–Crippen MR) is 38.0 cm³/mol. The fraction of sp³-hybridized carbons (Fsp3) is 0.875. The topological polar surface area (TPSA) is 35.8 Å². The Hall–Kier alpha value is -0.710. The number of rotatable bonds is 1. The van der Waals surface area contributed by atoms with E-state index in [1.165, 1.54) is 25.7 Å². The molecule has 54 valence electrons. The Bertz CT molecular complexity index is 171. The van der Waals surface area contributed by atoms with Gasteiger partial charge in [-0.25, -0.2) is 0 Å². The van der Waals surface area contributed by atoms with Gasteiger partial charge in [-0.15, -0.1) is 0 Å². The minimum Gasteiger partial charge on any atom is -0.320 e. The number of nitrogens with one attached hydrogen (secondary N) is 1. The first-order valence-corrected chi connectivity index (χ1v) is 4.05. The summed E-state index contributed by atoms with van der Waals surface area (Å²) in [7, 11) is 0. The molecule has 0 aromatic heterocycles. The van der Waals surface area contributed by atoms with Crippen molar-refractivity contribution in [1.82, 2.24) is 5.32 Å². The number of nitrogens with zero attached hydrogens (tertiary/aromatic N) is 1. The Kier molecular flexibility index (Phi) is 1.30. The molecule has 0 heterocycles. The highest BCUT2D eigenvalue weighted by molar-refractivity contribution is 4.96. The second kappa shape index (κ2) is 2.16. The van der Waals surface area contributed by atoms with E-state index in [4.69, 9.17) is 5.26 Å². The van der Waals surface area contributed by atoms with Crippen LogP contribution in [-0.2, 0) is 0 Å². The molecule has 0 radical (unpaired) electrons. The number of hydrogen-bond donors (Lipinski definition) is 1. The second-order valence-corrected chi connectivity index (χ2v) is 3.54. The number of hydrogen-bond acceptors (Lipinski definition) is 2. The fourth-order valence-electron chi connectivity index (χ4n) is 2.50. The normalized spacial score (nSPS) is 43.3. The molecule has 0 amide bonds. The Morgan fingerprint density at radius 3 is 2.70 bits per heavy atom. The second-order valence-electron chi connectivity index (χ2n) is 3.54. The fourth-order valence-corrected chi connectivity index (χ4v) is 2.50. The van der Waals surface area contributed by atoms with Crippen molar-refractivity contribution in [2.24, 2.45) is 11.8 Å². The molecule has 0 spiro atoms. The van der Waals surface area contributed by atoms with Gasteiger partial charge in [0.25, 0.3) is 0 Å². The molecule has 10 heavy (non-hydrogen) atoms. The van der Waals surface area contributed by atoms with Gasteiger partial charge in [-0.1, -0.05) is 6.42 Å². The summed E-state index contributed by atoms with van der Waals surface area (Å²) in [4.78, 5) is 0. The van der Waals surface area contributed by atoms with E-state index in [1.807, 2.05) is 6.19 Å². The van der Waals surface area contributed by atoms with Crippen LogP contribution in [-0.4, -0.2) is 6.04 Å². The van der Waals surface area contributed by atoms with Crippen molar-refractivity contribution in [3.05, 3.63) is 0 Å². The van der Waals surface area contributed by atoms with Gasteiger partial charge in [-0.3, -0.25) is 0 Å². The van der Waals surface area contributed by atoms with Crippen LogP contribution in [0, 0.1) is 23.3 Å². The molecule has 0 saturated heterocycles. The minimum absolute atomic E-state index is 0.531. The molecule has 2 rings (SSSR count). The molecule has 1 N–H and O–H groups in total. The molecule has 2 aliphatic rings. The van der Waals surface area contributed by atoms with Gasteiger partial charge in [0.05, 0.1) is 0 Å². The quantitative estimate of drug-likeness (QED) is 0.435. The highest BCUT2D eigenvalue weighted by Crippen LogP contribution is 2.44. The lowest BCUT2D eigenvalue weighted by atomic mass is 9.96. The molecule has 0 aromatic rings. The average Bonchev–Trinajstić information content (AvgIpc) is 2.48. The van der Waals surface area contributed by atoms with Crippen LogP contribution < -0.4 is 5.32 Å². The van der Waals surface area contributed by atoms with E-state index >= 15 is 0 Å². The molecule has 0 unspecified atom stereocenters. The Labute approximate surface area is 61.2 Å². The standard InChI is InChI=1S/C8H12N2/c9-5-10-8-4-6-1-2-7(8)3-6/h6-8,10H,1-4H2/t6-,7+,8-/m1/s1. The van der Waals surface area contributed by atoms with Crippen molar-refractivity contribution in [2.45, 2.75) is 31.7 Å². The van der Waals surface area contributed by atoms with Gasteiger partial charge >= 0.3 is 0 Å². The van der Waals surface area contributed by atoms with Gasteiger partial charge in [-0.05, 0) is 31.1 Å². The lowest BCUT2D eigenvalue weighted by molar-refractivity contribution is 0.385. The summed E-state index contributed by atoms with van der Waals surface area (Å²) in [6.07, 6.45) is 7.43. The molecule has 2 heteroatoms. The van der Waals surface area contributed by atoms with Crippen molar-refractivity contribution in [1.29, 1.82) is 5.26 Å². The molecule has 2 aliphatic carbocycles. The summed E-state index contributed by atoms with van der Waals surface area (Å²) in [6, 6.07) is 0.531. The first kappa shape index (κ1) is 6.03. The van der Waals surface area contributed by atoms with E-state index < -0.39 is 0 Å². The van der Waals surface area contributed by atoms with Gasteiger partial charge in [0.2, 0.25) is 0 Å². The zero-order chi connectivity index (χ0) is 6.97. The third-order valence-electron chi connectivity index (χ3n) is 2.99. The van der Waals surface area contributed by atoms with E-state index in [1.54, 1.807) is 0 Å². The molecular formula is C8H12N2. The predicted octanol–water partition coefficient (Wildman–Crippen LogP) is 1.25. The third-order valence-corrected chi connectivity index (χ3v) is 2.99. The Morgan fingerprint density at radius 2 is 2.20 bits per heavy atom. The third kappa shape index (κ3) is 0.775. The maximum atomic E-state index is 8.39. The van der Waals surface area contributed by atoms with Crippen molar-refractivity contribution in [3.8, 4) is 6.19 Å². The summed E-state index contributed by atoms with van der Waals surface area (Å²) >= 11 is 0. The lowest BCUT2D eigenvalue weighted by Crippen LogP contribution is -2.29. The monoisotopic (exact) mass is 136 g/mol. The van der Waals surface area contributed by atoms with Crippen LogP contribution in [0.5, 0.6) is 0 Å². The Balaban J connectivity index is 1.97. The molecule has 0 aliphatic heterocycles. The van der Waals surface area contributed by atoms with Gasteiger partial charge in [-0.2, -0.15) is 5.26 Å². The van der Waals surface area contributed by atoms with Crippen molar-refractivity contribution in [2.75, 3.05) is 0 Å². The van der Waals surface area contributed by atoms with Gasteiger partial charge in [0, 0.05) is 6.04 Å². The molecule has 3 atom stereocenters. The van der Waals surface area contributed by atoms with Crippen LogP contribution in [0.25, 0.3) is 0 Å². The summed E-state index contributed by atoms with van der Waals surface area (Å²) in [5.41, 5.74) is 0. The van der Waals surface area contributed by atoms with Crippen LogP contribution in [0.1, 0.15) is 25.7 Å². The van der Waals surface area contributed by atoms with E-state index in [9.17, 15) is 0 Å². The van der Waals surface area contributed by atoms with Gasteiger partial charge < -0.3 is 5.32 Å². The lowest BCUT2D eigenvalue weighted by Gasteiger charge is -2.19. The first-order valence-electron chi connectivity index (χ1n) is 4.05. The van der Waals surface area contributed by atoms with Crippen molar-refractivity contribution in [3.63, 3.8) is 0 Å². The molecule has 0 aromatic carbocycles. The first-order chi connectivity index (χ1) is 4.90. The maximum Gasteiger partial charge on any atom is 0.176 e. The van der Waals surface area contributed by atoms with E-state index in [0.717, 1.165) is 11.8 Å². The summed E-state index contributed by atoms with van der Waals surface area (Å²) in [5, 5.41) is 11.3. The smallest absolute Gasteiger partial charge is 0.176 e. The molecule has 2 fully saturated rings. The van der Waals surface area contributed by atoms with Gasteiger partial charge in [0.15, 0.2) is 6.19 Å². The molecule has 2 nitrogen and oxygen atoms in total.